The minimum Gasteiger partial charge on any atom is -0.488 e. The molecule has 7 nitrogen and oxygen atoms in total. The first-order valence-electron chi connectivity index (χ1n) is 10.5. The maximum absolute atomic E-state index is 12.3. The predicted octanol–water partition coefficient (Wildman–Crippen LogP) is 5.07. The number of amides is 1. The summed E-state index contributed by atoms with van der Waals surface area (Å²) in [6.07, 6.45) is 1.58. The lowest BCUT2D eigenvalue weighted by Crippen LogP contribution is -2.20. The molecule has 0 saturated carbocycles. The first kappa shape index (κ1) is 23.7. The molecule has 4 aromatic rings. The van der Waals surface area contributed by atoms with Crippen LogP contribution in [0.5, 0.6) is 5.75 Å². The molecule has 0 spiro atoms. The Morgan fingerprint density at radius 1 is 1.06 bits per heavy atom. The highest BCUT2D eigenvalue weighted by Crippen LogP contribution is 2.24. The fraction of sp³-hybridized carbons (Fsp3) is 0.120. The van der Waals surface area contributed by atoms with Gasteiger partial charge in [0.2, 0.25) is 0 Å². The Bertz CT molecular complexity index is 1280. The van der Waals surface area contributed by atoms with Crippen molar-refractivity contribution in [2.75, 3.05) is 5.75 Å². The molecule has 0 unspecified atom stereocenters. The van der Waals surface area contributed by atoms with Crippen LogP contribution in [-0.4, -0.2) is 32.6 Å². The summed E-state index contributed by atoms with van der Waals surface area (Å²) in [6.45, 7) is 0.453. The zero-order valence-electron chi connectivity index (χ0n) is 18.4. The van der Waals surface area contributed by atoms with Crippen LogP contribution in [0.15, 0.2) is 93.6 Å². The maximum atomic E-state index is 12.3. The maximum Gasteiger partial charge on any atom is 0.250 e. The number of para-hydroxylation sites is 1. The minimum absolute atomic E-state index is 0.163. The van der Waals surface area contributed by atoms with Crippen LogP contribution in [0.1, 0.15) is 11.1 Å². The molecule has 0 fully saturated rings. The number of aromatic nitrogens is 3. The zero-order chi connectivity index (χ0) is 23.8. The number of carbonyl (C=O) groups excluding carboxylic acids is 1. The molecule has 0 aliphatic carbocycles. The summed E-state index contributed by atoms with van der Waals surface area (Å²) in [6, 6.07) is 25.3. The number of benzene rings is 3. The van der Waals surface area contributed by atoms with Gasteiger partial charge < -0.3 is 9.30 Å². The predicted molar refractivity (Wildman–Crippen MR) is 138 cm³/mol. The van der Waals surface area contributed by atoms with Gasteiger partial charge in [-0.05, 0) is 29.8 Å². The van der Waals surface area contributed by atoms with Crippen molar-refractivity contribution in [2.24, 2.45) is 12.1 Å². The smallest absolute Gasteiger partial charge is 0.250 e. The van der Waals surface area contributed by atoms with Gasteiger partial charge in [-0.25, -0.2) is 5.43 Å². The second-order valence-corrected chi connectivity index (χ2v) is 9.12. The Morgan fingerprint density at radius 2 is 1.79 bits per heavy atom. The van der Waals surface area contributed by atoms with Crippen molar-refractivity contribution >= 4 is 39.8 Å². The van der Waals surface area contributed by atoms with E-state index >= 15 is 0 Å². The largest absolute Gasteiger partial charge is 0.488 e. The summed E-state index contributed by atoms with van der Waals surface area (Å²) >= 11 is 4.73. The third kappa shape index (κ3) is 6.33. The molecule has 172 valence electrons. The number of ether oxygens (including phenoxy) is 1. The number of rotatable bonds is 9. The Balaban J connectivity index is 1.30. The van der Waals surface area contributed by atoms with E-state index in [-0.39, 0.29) is 11.7 Å². The Morgan fingerprint density at radius 3 is 2.59 bits per heavy atom. The highest BCUT2D eigenvalue weighted by Gasteiger charge is 2.13. The van der Waals surface area contributed by atoms with Crippen molar-refractivity contribution in [1.29, 1.82) is 0 Å². The molecule has 34 heavy (non-hydrogen) atoms. The highest BCUT2D eigenvalue weighted by molar-refractivity contribution is 9.10. The van der Waals surface area contributed by atoms with Crippen LogP contribution in [0.4, 0.5) is 0 Å². The molecule has 1 aromatic heterocycles. The van der Waals surface area contributed by atoms with Crippen molar-refractivity contribution in [3.8, 4) is 17.1 Å². The van der Waals surface area contributed by atoms with Gasteiger partial charge in [-0.3, -0.25) is 4.79 Å². The lowest BCUT2D eigenvalue weighted by atomic mass is 10.2. The number of carbonyl (C=O) groups is 1. The molecule has 4 rings (SSSR count). The van der Waals surface area contributed by atoms with E-state index in [1.165, 1.54) is 11.8 Å². The number of hydrogen-bond acceptors (Lipinski definition) is 6. The Labute approximate surface area is 210 Å². The molecular weight excluding hydrogens is 514 g/mol. The molecule has 0 radical (unpaired) electrons. The Hall–Kier alpha value is -3.43. The molecule has 0 saturated heterocycles. The monoisotopic (exact) mass is 535 g/mol. The number of thioether (sulfide) groups is 1. The molecule has 0 aliphatic rings. The van der Waals surface area contributed by atoms with Crippen LogP contribution in [0.25, 0.3) is 11.4 Å². The van der Waals surface area contributed by atoms with E-state index in [4.69, 9.17) is 4.74 Å². The topological polar surface area (TPSA) is 81.4 Å². The standard InChI is InChI=1S/C25H22BrN5O2S/c1-31-24(19-11-13-21(26)14-12-19)29-30-25(31)34-17-23(32)28-27-15-20-9-5-6-10-22(20)33-16-18-7-3-2-4-8-18/h2-15H,16-17H2,1H3,(H,28,32). The van der Waals surface area contributed by atoms with Gasteiger partial charge >= 0.3 is 0 Å². The van der Waals surface area contributed by atoms with Crippen molar-refractivity contribution in [1.82, 2.24) is 20.2 Å². The van der Waals surface area contributed by atoms with Crippen LogP contribution in [0.3, 0.4) is 0 Å². The van der Waals surface area contributed by atoms with Gasteiger partial charge in [-0.15, -0.1) is 10.2 Å². The number of hydrogen-bond donors (Lipinski definition) is 1. The quantitative estimate of drug-likeness (QED) is 0.184. The molecule has 0 aliphatic heterocycles. The first-order chi connectivity index (χ1) is 16.6. The van der Waals surface area contributed by atoms with Crippen molar-refractivity contribution in [2.45, 2.75) is 11.8 Å². The number of hydrazone groups is 1. The normalized spacial score (nSPS) is 11.0. The van der Waals surface area contributed by atoms with Gasteiger partial charge in [0.05, 0.1) is 12.0 Å². The van der Waals surface area contributed by atoms with E-state index in [0.717, 1.165) is 27.0 Å². The SMILES string of the molecule is Cn1c(SCC(=O)NN=Cc2ccccc2OCc2ccccc2)nnc1-c1ccc(Br)cc1. The van der Waals surface area contributed by atoms with Gasteiger partial charge in [-0.1, -0.05) is 82.3 Å². The molecule has 9 heteroatoms. The lowest BCUT2D eigenvalue weighted by Gasteiger charge is -2.09. The van der Waals surface area contributed by atoms with Crippen LogP contribution >= 0.6 is 27.7 Å². The van der Waals surface area contributed by atoms with Gasteiger partial charge in [0.1, 0.15) is 12.4 Å². The molecule has 1 amide bonds. The van der Waals surface area contributed by atoms with Gasteiger partial charge in [0.25, 0.3) is 5.91 Å². The summed E-state index contributed by atoms with van der Waals surface area (Å²) in [4.78, 5) is 12.3. The molecule has 3 aromatic carbocycles. The second-order valence-electron chi connectivity index (χ2n) is 7.27. The van der Waals surface area contributed by atoms with Crippen molar-refractivity contribution < 1.29 is 9.53 Å². The minimum atomic E-state index is -0.239. The summed E-state index contributed by atoms with van der Waals surface area (Å²) < 4.78 is 8.78. The van der Waals surface area contributed by atoms with Crippen LogP contribution in [0, 0.1) is 0 Å². The van der Waals surface area contributed by atoms with Crippen LogP contribution in [-0.2, 0) is 18.4 Å². The zero-order valence-corrected chi connectivity index (χ0v) is 20.8. The van der Waals surface area contributed by atoms with E-state index < -0.39 is 0 Å². The summed E-state index contributed by atoms with van der Waals surface area (Å²) in [5, 5.41) is 13.2. The van der Waals surface area contributed by atoms with E-state index in [9.17, 15) is 4.79 Å². The molecule has 1 heterocycles. The summed E-state index contributed by atoms with van der Waals surface area (Å²) in [7, 11) is 1.88. The number of nitrogens with zero attached hydrogens (tertiary/aromatic N) is 4. The fourth-order valence-electron chi connectivity index (χ4n) is 3.08. The van der Waals surface area contributed by atoms with Gasteiger partial charge in [0, 0.05) is 22.6 Å². The molecule has 1 N–H and O–H groups in total. The average molecular weight is 536 g/mol. The molecular formula is C25H22BrN5O2S. The van der Waals surface area contributed by atoms with Gasteiger partial charge in [0.15, 0.2) is 11.0 Å². The average Bonchev–Trinajstić information content (AvgIpc) is 3.23. The lowest BCUT2D eigenvalue weighted by molar-refractivity contribution is -0.118. The third-order valence-corrected chi connectivity index (χ3v) is 6.37. The van der Waals surface area contributed by atoms with Gasteiger partial charge in [-0.2, -0.15) is 5.10 Å². The number of halogens is 1. The van der Waals surface area contributed by atoms with E-state index in [1.54, 1.807) is 6.21 Å². The third-order valence-electron chi connectivity index (χ3n) is 4.82. The first-order valence-corrected chi connectivity index (χ1v) is 12.2. The van der Waals surface area contributed by atoms with Crippen LogP contribution < -0.4 is 10.2 Å². The molecule has 0 atom stereocenters. The van der Waals surface area contributed by atoms with Crippen molar-refractivity contribution in [3.63, 3.8) is 0 Å². The van der Waals surface area contributed by atoms with Crippen molar-refractivity contribution in [3.05, 3.63) is 94.5 Å². The molecule has 0 bridgehead atoms. The summed E-state index contributed by atoms with van der Waals surface area (Å²) in [5.41, 5.74) is 5.36. The summed E-state index contributed by atoms with van der Waals surface area (Å²) in [5.74, 6) is 1.35. The van der Waals surface area contributed by atoms with Crippen LogP contribution in [0.2, 0.25) is 0 Å². The highest BCUT2D eigenvalue weighted by atomic mass is 79.9. The van der Waals surface area contributed by atoms with E-state index in [2.05, 4.69) is 36.7 Å². The number of nitrogens with one attached hydrogen (secondary N) is 1. The van der Waals surface area contributed by atoms with E-state index in [0.29, 0.717) is 17.5 Å². The fourth-order valence-corrected chi connectivity index (χ4v) is 4.05. The van der Waals surface area contributed by atoms with E-state index in [1.807, 2.05) is 90.5 Å². The Kier molecular flexibility index (Phi) is 8.11. The second kappa shape index (κ2) is 11.6.